The Bertz CT molecular complexity index is 572. The molecule has 19 heavy (non-hydrogen) atoms. The smallest absolute Gasteiger partial charge is 0.151 e. The molecule has 5 heteroatoms. The van der Waals surface area contributed by atoms with Gasteiger partial charge in [0.15, 0.2) is 5.82 Å². The molecule has 1 aromatic carbocycles. The van der Waals surface area contributed by atoms with Crippen LogP contribution < -0.4 is 10.2 Å². The Morgan fingerprint density at radius 2 is 2.11 bits per heavy atom. The third-order valence-electron chi connectivity index (χ3n) is 2.68. The van der Waals surface area contributed by atoms with Crippen molar-refractivity contribution in [2.75, 3.05) is 24.3 Å². The van der Waals surface area contributed by atoms with Gasteiger partial charge in [-0.15, -0.1) is 0 Å². The third-order valence-corrected chi connectivity index (χ3v) is 2.98. The van der Waals surface area contributed by atoms with E-state index in [2.05, 4.69) is 10.3 Å². The summed E-state index contributed by atoms with van der Waals surface area (Å²) < 4.78 is 13.3. The largest absolute Gasteiger partial charge is 0.378 e. The molecule has 0 aliphatic rings. The highest BCUT2D eigenvalue weighted by atomic mass is 35.5. The summed E-state index contributed by atoms with van der Waals surface area (Å²) >= 11 is 5.65. The number of hydrogen-bond acceptors (Lipinski definition) is 3. The van der Waals surface area contributed by atoms with E-state index in [4.69, 9.17) is 11.6 Å². The Morgan fingerprint density at radius 3 is 2.79 bits per heavy atom. The number of anilines is 2. The summed E-state index contributed by atoms with van der Waals surface area (Å²) in [6.07, 6.45) is 1.74. The molecule has 100 valence electrons. The minimum absolute atomic E-state index is 0.138. The molecule has 0 amide bonds. The zero-order valence-electron chi connectivity index (χ0n) is 10.8. The van der Waals surface area contributed by atoms with Crippen molar-refractivity contribution >= 4 is 23.1 Å². The molecule has 0 aliphatic carbocycles. The van der Waals surface area contributed by atoms with Gasteiger partial charge in [0, 0.05) is 26.8 Å². The highest BCUT2D eigenvalue weighted by molar-refractivity contribution is 6.30. The number of aromatic nitrogens is 1. The quantitative estimate of drug-likeness (QED) is 0.928. The molecular formula is C14H15ClFN3. The Morgan fingerprint density at radius 1 is 1.32 bits per heavy atom. The van der Waals surface area contributed by atoms with Gasteiger partial charge in [-0.1, -0.05) is 17.7 Å². The van der Waals surface area contributed by atoms with Crippen LogP contribution in [0.3, 0.4) is 0 Å². The molecule has 0 radical (unpaired) electrons. The van der Waals surface area contributed by atoms with Gasteiger partial charge >= 0.3 is 0 Å². The first-order chi connectivity index (χ1) is 9.08. The summed E-state index contributed by atoms with van der Waals surface area (Å²) in [5.41, 5.74) is 1.73. The summed E-state index contributed by atoms with van der Waals surface area (Å²) in [7, 11) is 3.85. The fourth-order valence-electron chi connectivity index (χ4n) is 1.74. The molecule has 0 unspecified atom stereocenters. The average Bonchev–Trinajstić information content (AvgIpc) is 2.40. The van der Waals surface area contributed by atoms with Gasteiger partial charge in [-0.2, -0.15) is 0 Å². The number of rotatable bonds is 4. The number of halogens is 2. The van der Waals surface area contributed by atoms with Crippen LogP contribution in [0.4, 0.5) is 15.9 Å². The molecule has 3 nitrogen and oxygen atoms in total. The van der Waals surface area contributed by atoms with Crippen molar-refractivity contribution in [3.8, 4) is 0 Å². The molecule has 0 atom stereocenters. The maximum absolute atomic E-state index is 13.3. The van der Waals surface area contributed by atoms with Crippen molar-refractivity contribution in [2.24, 2.45) is 0 Å². The topological polar surface area (TPSA) is 28.2 Å². The van der Waals surface area contributed by atoms with Crippen molar-refractivity contribution in [3.05, 3.63) is 52.9 Å². The van der Waals surface area contributed by atoms with Crippen molar-refractivity contribution < 1.29 is 4.39 Å². The van der Waals surface area contributed by atoms with Crippen LogP contribution in [-0.2, 0) is 6.54 Å². The van der Waals surface area contributed by atoms with E-state index < -0.39 is 5.82 Å². The van der Waals surface area contributed by atoms with Crippen LogP contribution in [0.25, 0.3) is 0 Å². The lowest BCUT2D eigenvalue weighted by Gasteiger charge is -2.17. The van der Waals surface area contributed by atoms with Gasteiger partial charge in [-0.25, -0.2) is 9.37 Å². The predicted molar refractivity (Wildman–Crippen MR) is 77.3 cm³/mol. The first-order valence-corrected chi connectivity index (χ1v) is 6.26. The van der Waals surface area contributed by atoms with E-state index in [9.17, 15) is 4.39 Å². The van der Waals surface area contributed by atoms with E-state index in [1.165, 1.54) is 6.07 Å². The van der Waals surface area contributed by atoms with Gasteiger partial charge in [-0.3, -0.25) is 0 Å². The second-order valence-corrected chi connectivity index (χ2v) is 4.78. The lowest BCUT2D eigenvalue weighted by Crippen LogP contribution is -2.13. The van der Waals surface area contributed by atoms with Gasteiger partial charge in [0.1, 0.15) is 5.82 Å². The van der Waals surface area contributed by atoms with Gasteiger partial charge in [0.2, 0.25) is 0 Å². The molecular weight excluding hydrogens is 265 g/mol. The highest BCUT2D eigenvalue weighted by Crippen LogP contribution is 2.22. The Hall–Kier alpha value is -1.81. The van der Waals surface area contributed by atoms with E-state index in [0.29, 0.717) is 6.54 Å². The Balaban J connectivity index is 2.12. The zero-order chi connectivity index (χ0) is 13.8. The molecule has 0 spiro atoms. The number of nitrogens with zero attached hydrogens (tertiary/aromatic N) is 2. The van der Waals surface area contributed by atoms with Crippen LogP contribution >= 0.6 is 11.6 Å². The lowest BCUT2D eigenvalue weighted by atomic mass is 10.2. The second-order valence-electron chi connectivity index (χ2n) is 4.37. The van der Waals surface area contributed by atoms with Crippen LogP contribution in [-0.4, -0.2) is 19.1 Å². The second kappa shape index (κ2) is 5.89. The molecule has 0 aliphatic heterocycles. The van der Waals surface area contributed by atoms with Crippen LogP contribution in [0, 0.1) is 5.82 Å². The molecule has 0 fully saturated rings. The fourth-order valence-corrected chi connectivity index (χ4v) is 1.86. The molecule has 0 bridgehead atoms. The predicted octanol–water partition coefficient (Wildman–Crippen LogP) is 3.55. The van der Waals surface area contributed by atoms with Gasteiger partial charge < -0.3 is 10.2 Å². The molecule has 2 aromatic rings. The summed E-state index contributed by atoms with van der Waals surface area (Å²) in [5, 5.41) is 3.38. The molecule has 0 saturated carbocycles. The first-order valence-electron chi connectivity index (χ1n) is 5.88. The SMILES string of the molecule is CN(C)c1ncccc1NCc1ccc(Cl)c(F)c1. The molecule has 1 N–H and O–H groups in total. The van der Waals surface area contributed by atoms with Crippen molar-refractivity contribution in [3.63, 3.8) is 0 Å². The summed E-state index contributed by atoms with van der Waals surface area (Å²) in [5.74, 6) is 0.442. The van der Waals surface area contributed by atoms with Crippen molar-refractivity contribution in [1.29, 1.82) is 0 Å². The fraction of sp³-hybridized carbons (Fsp3) is 0.214. The molecule has 1 heterocycles. The number of nitrogens with one attached hydrogen (secondary N) is 1. The number of pyridine rings is 1. The van der Waals surface area contributed by atoms with E-state index in [1.807, 2.05) is 31.1 Å². The molecule has 0 saturated heterocycles. The summed E-state index contributed by atoms with van der Waals surface area (Å²) in [6, 6.07) is 8.58. The van der Waals surface area contributed by atoms with E-state index in [0.717, 1.165) is 17.1 Å². The average molecular weight is 280 g/mol. The minimum Gasteiger partial charge on any atom is -0.378 e. The third kappa shape index (κ3) is 3.35. The standard InChI is InChI=1S/C14H15ClFN3/c1-19(2)14-13(4-3-7-17-14)18-9-10-5-6-11(15)12(16)8-10/h3-8,18H,9H2,1-2H3. The first kappa shape index (κ1) is 13.6. The van der Waals surface area contributed by atoms with Crippen molar-refractivity contribution in [1.82, 2.24) is 4.98 Å². The monoisotopic (exact) mass is 279 g/mol. The Kier molecular flexibility index (Phi) is 4.22. The normalized spacial score (nSPS) is 10.3. The molecule has 2 rings (SSSR count). The highest BCUT2D eigenvalue weighted by Gasteiger charge is 2.06. The van der Waals surface area contributed by atoms with Gasteiger partial charge in [0.05, 0.1) is 10.7 Å². The summed E-state index contributed by atoms with van der Waals surface area (Å²) in [6.45, 7) is 0.515. The van der Waals surface area contributed by atoms with E-state index >= 15 is 0 Å². The number of benzene rings is 1. The maximum atomic E-state index is 13.3. The van der Waals surface area contributed by atoms with Crippen LogP contribution in [0.15, 0.2) is 36.5 Å². The van der Waals surface area contributed by atoms with Gasteiger partial charge in [0.25, 0.3) is 0 Å². The van der Waals surface area contributed by atoms with Crippen LogP contribution in [0.5, 0.6) is 0 Å². The van der Waals surface area contributed by atoms with Gasteiger partial charge in [-0.05, 0) is 29.8 Å². The van der Waals surface area contributed by atoms with E-state index in [1.54, 1.807) is 18.3 Å². The summed E-state index contributed by atoms with van der Waals surface area (Å²) in [4.78, 5) is 6.21. The van der Waals surface area contributed by atoms with Crippen LogP contribution in [0.2, 0.25) is 5.02 Å². The number of hydrogen-bond donors (Lipinski definition) is 1. The molecule has 1 aromatic heterocycles. The van der Waals surface area contributed by atoms with Crippen LogP contribution in [0.1, 0.15) is 5.56 Å². The zero-order valence-corrected chi connectivity index (χ0v) is 11.6. The Labute approximate surface area is 117 Å². The van der Waals surface area contributed by atoms with E-state index in [-0.39, 0.29) is 5.02 Å². The van der Waals surface area contributed by atoms with Crippen molar-refractivity contribution in [2.45, 2.75) is 6.54 Å². The maximum Gasteiger partial charge on any atom is 0.151 e. The minimum atomic E-state index is -0.403. The lowest BCUT2D eigenvalue weighted by molar-refractivity contribution is 0.626.